The Bertz CT molecular complexity index is 287. The first-order chi connectivity index (χ1) is 6.91. The van der Waals surface area contributed by atoms with Crippen LogP contribution in [0.4, 0.5) is 0 Å². The van der Waals surface area contributed by atoms with E-state index in [1.54, 1.807) is 6.92 Å². The maximum absolute atomic E-state index is 11.2. The van der Waals surface area contributed by atoms with Gasteiger partial charge in [-0.05, 0) is 6.42 Å². The smallest absolute Gasteiger partial charge is 0.306 e. The quantitative estimate of drug-likeness (QED) is 0.570. The van der Waals surface area contributed by atoms with Crippen LogP contribution >= 0.6 is 0 Å². The monoisotopic (exact) mass is 239 g/mol. The van der Waals surface area contributed by atoms with E-state index in [-0.39, 0.29) is 18.7 Å². The normalized spacial score (nSPS) is 13.5. The Hall–Kier alpha value is -0.660. The second kappa shape index (κ2) is 6.76. The number of nitrogens with one attached hydrogen (secondary N) is 1. The molecule has 0 fully saturated rings. The van der Waals surface area contributed by atoms with Crippen molar-refractivity contribution < 1.29 is 23.1 Å². The minimum absolute atomic E-state index is 0.0278. The van der Waals surface area contributed by atoms with E-state index in [9.17, 15) is 13.2 Å². The molecule has 6 nitrogen and oxygen atoms in total. The van der Waals surface area contributed by atoms with Gasteiger partial charge in [-0.2, -0.15) is 0 Å². The van der Waals surface area contributed by atoms with E-state index in [0.717, 1.165) is 0 Å². The lowest BCUT2D eigenvalue weighted by molar-refractivity contribution is -0.140. The number of hydrogen-bond donors (Lipinski definition) is 2. The Morgan fingerprint density at radius 1 is 1.53 bits per heavy atom. The van der Waals surface area contributed by atoms with Crippen LogP contribution in [0.3, 0.4) is 0 Å². The van der Waals surface area contributed by atoms with Gasteiger partial charge >= 0.3 is 5.97 Å². The second-order valence-corrected chi connectivity index (χ2v) is 4.98. The molecule has 0 spiro atoms. The third-order valence-electron chi connectivity index (χ3n) is 1.81. The molecule has 2 N–H and O–H groups in total. The Labute approximate surface area is 89.7 Å². The first-order valence-corrected chi connectivity index (χ1v) is 6.28. The molecule has 0 aromatic carbocycles. The zero-order valence-electron chi connectivity index (χ0n) is 8.89. The molecule has 0 aliphatic heterocycles. The SMILES string of the molecule is CCC(O)CNS(=O)(=O)CCC(=O)OC. The number of aliphatic hydroxyl groups excluding tert-OH is 1. The number of ether oxygens (including phenoxy) is 1. The lowest BCUT2D eigenvalue weighted by atomic mass is 10.3. The largest absolute Gasteiger partial charge is 0.469 e. The fourth-order valence-electron chi connectivity index (χ4n) is 0.759. The number of esters is 1. The summed E-state index contributed by atoms with van der Waals surface area (Å²) in [5.41, 5.74) is 0. The van der Waals surface area contributed by atoms with Crippen molar-refractivity contribution in [1.82, 2.24) is 4.72 Å². The number of aliphatic hydroxyl groups is 1. The molecule has 90 valence electrons. The standard InChI is InChI=1S/C8H17NO5S/c1-3-7(10)6-9-15(12,13)5-4-8(11)14-2/h7,9-10H,3-6H2,1-2H3. The van der Waals surface area contributed by atoms with Crippen molar-refractivity contribution in [2.75, 3.05) is 19.4 Å². The number of sulfonamides is 1. The summed E-state index contributed by atoms with van der Waals surface area (Å²) in [6.45, 7) is 1.72. The van der Waals surface area contributed by atoms with Gasteiger partial charge in [0.15, 0.2) is 0 Å². The molecule has 0 rings (SSSR count). The molecule has 0 heterocycles. The average molecular weight is 239 g/mol. The van der Waals surface area contributed by atoms with Gasteiger partial charge in [0.25, 0.3) is 0 Å². The molecule has 1 atom stereocenters. The van der Waals surface area contributed by atoms with Crippen molar-refractivity contribution in [2.45, 2.75) is 25.9 Å². The van der Waals surface area contributed by atoms with Gasteiger partial charge in [-0.25, -0.2) is 13.1 Å². The van der Waals surface area contributed by atoms with E-state index in [4.69, 9.17) is 5.11 Å². The van der Waals surface area contributed by atoms with Gasteiger partial charge < -0.3 is 9.84 Å². The van der Waals surface area contributed by atoms with E-state index in [0.29, 0.717) is 6.42 Å². The summed E-state index contributed by atoms with van der Waals surface area (Å²) in [5.74, 6) is -0.896. The summed E-state index contributed by atoms with van der Waals surface area (Å²) in [6, 6.07) is 0. The fourth-order valence-corrected chi connectivity index (χ4v) is 1.79. The predicted octanol–water partition coefficient (Wildman–Crippen LogP) is -0.760. The highest BCUT2D eigenvalue weighted by Crippen LogP contribution is 1.94. The molecule has 0 aromatic heterocycles. The number of rotatable bonds is 7. The summed E-state index contributed by atoms with van der Waals surface area (Å²) < 4.78 is 29.0. The Morgan fingerprint density at radius 2 is 2.13 bits per heavy atom. The van der Waals surface area contributed by atoms with Crippen LogP contribution < -0.4 is 4.72 Å². The Kier molecular flexibility index (Phi) is 6.46. The van der Waals surface area contributed by atoms with E-state index in [1.807, 2.05) is 0 Å². The summed E-state index contributed by atoms with van der Waals surface area (Å²) >= 11 is 0. The average Bonchev–Trinajstić information content (AvgIpc) is 2.22. The molecule has 0 bridgehead atoms. The fraction of sp³-hybridized carbons (Fsp3) is 0.875. The maximum Gasteiger partial charge on any atom is 0.306 e. The molecule has 7 heteroatoms. The van der Waals surface area contributed by atoms with Crippen LogP contribution in [0.1, 0.15) is 19.8 Å². The van der Waals surface area contributed by atoms with Gasteiger partial charge in [-0.1, -0.05) is 6.92 Å². The molecule has 15 heavy (non-hydrogen) atoms. The number of methoxy groups -OCH3 is 1. The van der Waals surface area contributed by atoms with Gasteiger partial charge in [0.1, 0.15) is 0 Å². The van der Waals surface area contributed by atoms with Crippen LogP contribution in [0.2, 0.25) is 0 Å². The van der Waals surface area contributed by atoms with E-state index in [2.05, 4.69) is 9.46 Å². The van der Waals surface area contributed by atoms with Crippen molar-refractivity contribution in [3.63, 3.8) is 0 Å². The minimum Gasteiger partial charge on any atom is -0.469 e. The molecular formula is C8H17NO5S. The summed E-state index contributed by atoms with van der Waals surface area (Å²) in [7, 11) is -2.31. The number of carbonyl (C=O) groups is 1. The van der Waals surface area contributed by atoms with Gasteiger partial charge in [0.05, 0.1) is 25.4 Å². The van der Waals surface area contributed by atoms with Crippen molar-refractivity contribution in [2.24, 2.45) is 0 Å². The third kappa shape index (κ3) is 7.29. The molecule has 0 aliphatic carbocycles. The van der Waals surface area contributed by atoms with Crippen molar-refractivity contribution in [3.05, 3.63) is 0 Å². The molecule has 0 saturated carbocycles. The molecular weight excluding hydrogens is 222 g/mol. The van der Waals surface area contributed by atoms with Gasteiger partial charge in [-0.15, -0.1) is 0 Å². The Morgan fingerprint density at radius 3 is 2.60 bits per heavy atom. The number of hydrogen-bond acceptors (Lipinski definition) is 5. The van der Waals surface area contributed by atoms with Crippen LogP contribution in [0.5, 0.6) is 0 Å². The van der Waals surface area contributed by atoms with Gasteiger partial charge in [0, 0.05) is 6.54 Å². The van der Waals surface area contributed by atoms with E-state index in [1.165, 1.54) is 7.11 Å². The molecule has 0 saturated heterocycles. The van der Waals surface area contributed by atoms with E-state index < -0.39 is 22.1 Å². The van der Waals surface area contributed by atoms with Gasteiger partial charge in [-0.3, -0.25) is 4.79 Å². The lowest BCUT2D eigenvalue weighted by Crippen LogP contribution is -2.34. The maximum atomic E-state index is 11.2. The molecule has 0 aromatic rings. The molecule has 0 amide bonds. The van der Waals surface area contributed by atoms with E-state index >= 15 is 0 Å². The van der Waals surface area contributed by atoms with Crippen LogP contribution in [0.15, 0.2) is 0 Å². The van der Waals surface area contributed by atoms with Crippen LogP contribution in [-0.4, -0.2) is 45.0 Å². The summed E-state index contributed by atoms with van der Waals surface area (Å²) in [6.07, 6.45) is -0.411. The predicted molar refractivity (Wildman–Crippen MR) is 54.7 cm³/mol. The first kappa shape index (κ1) is 14.3. The zero-order valence-corrected chi connectivity index (χ0v) is 9.71. The number of carbonyl (C=O) groups excluding carboxylic acids is 1. The van der Waals surface area contributed by atoms with Crippen LogP contribution in [-0.2, 0) is 19.6 Å². The highest BCUT2D eigenvalue weighted by Gasteiger charge is 2.14. The van der Waals surface area contributed by atoms with Crippen LogP contribution in [0.25, 0.3) is 0 Å². The molecule has 0 radical (unpaired) electrons. The van der Waals surface area contributed by atoms with Crippen molar-refractivity contribution in [3.8, 4) is 0 Å². The zero-order chi connectivity index (χ0) is 11.9. The summed E-state index contributed by atoms with van der Waals surface area (Å²) in [5, 5.41) is 9.13. The first-order valence-electron chi connectivity index (χ1n) is 4.63. The van der Waals surface area contributed by atoms with Crippen LogP contribution in [0, 0.1) is 0 Å². The minimum atomic E-state index is -3.50. The second-order valence-electron chi connectivity index (χ2n) is 3.06. The topological polar surface area (TPSA) is 92.7 Å². The third-order valence-corrected chi connectivity index (χ3v) is 3.16. The Balaban J connectivity index is 3.93. The van der Waals surface area contributed by atoms with Crippen molar-refractivity contribution >= 4 is 16.0 Å². The highest BCUT2D eigenvalue weighted by atomic mass is 32.2. The molecule has 1 unspecified atom stereocenters. The molecule has 0 aliphatic rings. The highest BCUT2D eigenvalue weighted by molar-refractivity contribution is 7.89. The summed E-state index contributed by atoms with van der Waals surface area (Å²) in [4.78, 5) is 10.7. The lowest BCUT2D eigenvalue weighted by Gasteiger charge is -2.09. The van der Waals surface area contributed by atoms with Crippen molar-refractivity contribution in [1.29, 1.82) is 0 Å². The van der Waals surface area contributed by atoms with Gasteiger partial charge in [0.2, 0.25) is 10.0 Å².